The van der Waals surface area contributed by atoms with Crippen LogP contribution in [0.2, 0.25) is 5.02 Å². The summed E-state index contributed by atoms with van der Waals surface area (Å²) in [4.78, 5) is 16.7. The molecule has 1 amide bonds. The Morgan fingerprint density at radius 1 is 1.21 bits per heavy atom. The molecule has 172 valence electrons. The molecule has 0 saturated heterocycles. The molecule has 3 heterocycles. The lowest BCUT2D eigenvalue weighted by molar-refractivity contribution is 0.102. The van der Waals surface area contributed by atoms with Crippen molar-refractivity contribution in [2.24, 2.45) is 0 Å². The van der Waals surface area contributed by atoms with E-state index in [1.807, 2.05) is 25.3 Å². The molecule has 0 fully saturated rings. The van der Waals surface area contributed by atoms with Crippen LogP contribution in [-0.2, 0) is 0 Å². The number of hydrogen-bond donors (Lipinski definition) is 3. The average molecular weight is 478 g/mol. The zero-order chi connectivity index (χ0) is 23.8. The van der Waals surface area contributed by atoms with E-state index in [9.17, 15) is 4.79 Å². The number of anilines is 3. The number of aryl methyl sites for hydroxylation is 2. The van der Waals surface area contributed by atoms with Gasteiger partial charge in [-0.3, -0.25) is 15.2 Å². The van der Waals surface area contributed by atoms with Crippen molar-refractivity contribution in [1.29, 1.82) is 0 Å². The van der Waals surface area contributed by atoms with Crippen molar-refractivity contribution in [1.82, 2.24) is 25.0 Å². The van der Waals surface area contributed by atoms with Gasteiger partial charge in [0, 0.05) is 23.2 Å². The lowest BCUT2D eigenvalue weighted by Gasteiger charge is -2.10. The molecular weight excluding hydrogens is 458 g/mol. The molecule has 0 radical (unpaired) electrons. The Morgan fingerprint density at radius 2 is 2.06 bits per heavy atom. The summed E-state index contributed by atoms with van der Waals surface area (Å²) >= 11 is 6.53. The molecule has 3 N–H and O–H groups in total. The Morgan fingerprint density at radius 3 is 2.82 bits per heavy atom. The fourth-order valence-electron chi connectivity index (χ4n) is 3.51. The second-order valence-corrected chi connectivity index (χ2v) is 7.98. The number of methoxy groups -OCH3 is 1. The van der Waals surface area contributed by atoms with Crippen LogP contribution in [-0.4, -0.2) is 38.0 Å². The number of benzene rings is 2. The number of rotatable bonds is 6. The predicted octanol–water partition coefficient (Wildman–Crippen LogP) is 5.01. The van der Waals surface area contributed by atoms with E-state index in [2.05, 4.69) is 30.9 Å². The third-order valence-electron chi connectivity index (χ3n) is 5.24. The number of hydrogen-bond acceptors (Lipinski definition) is 7. The fraction of sp³-hybridized carbons (Fsp3) is 0.130. The number of nitrogens with zero attached hydrogens (tertiary/aromatic N) is 4. The van der Waals surface area contributed by atoms with Crippen LogP contribution in [0.4, 0.5) is 17.5 Å². The van der Waals surface area contributed by atoms with Crippen molar-refractivity contribution >= 4 is 45.9 Å². The minimum absolute atomic E-state index is 0.124. The molecule has 11 heteroatoms. The lowest BCUT2D eigenvalue weighted by Crippen LogP contribution is -2.13. The number of carbonyl (C=O) groups excluding carboxylic acids is 1. The zero-order valence-corrected chi connectivity index (χ0v) is 19.3. The van der Waals surface area contributed by atoms with Crippen molar-refractivity contribution in [3.63, 3.8) is 0 Å². The van der Waals surface area contributed by atoms with Crippen molar-refractivity contribution in [3.8, 4) is 11.4 Å². The van der Waals surface area contributed by atoms with E-state index < -0.39 is 5.91 Å². The summed E-state index contributed by atoms with van der Waals surface area (Å²) in [7, 11) is 1.50. The third-order valence-corrected chi connectivity index (χ3v) is 5.65. The highest BCUT2D eigenvalue weighted by Crippen LogP contribution is 2.33. The first-order valence-corrected chi connectivity index (χ1v) is 10.7. The second-order valence-electron chi connectivity index (χ2n) is 7.60. The Hall–Kier alpha value is -4.31. The third kappa shape index (κ3) is 3.95. The molecule has 34 heavy (non-hydrogen) atoms. The molecule has 0 atom stereocenters. The van der Waals surface area contributed by atoms with Crippen molar-refractivity contribution in [2.45, 2.75) is 13.8 Å². The van der Waals surface area contributed by atoms with Gasteiger partial charge in [-0.15, -0.1) is 5.10 Å². The second kappa shape index (κ2) is 8.56. The number of nitrogens with one attached hydrogen (secondary N) is 3. The minimum Gasteiger partial charge on any atom is -0.496 e. The van der Waals surface area contributed by atoms with Gasteiger partial charge in [-0.2, -0.15) is 5.10 Å². The van der Waals surface area contributed by atoms with Crippen LogP contribution in [0.15, 0.2) is 53.3 Å². The van der Waals surface area contributed by atoms with Gasteiger partial charge in [0.25, 0.3) is 5.91 Å². The molecule has 2 aromatic carbocycles. The smallest absolute Gasteiger partial charge is 0.301 e. The van der Waals surface area contributed by atoms with Crippen molar-refractivity contribution < 1.29 is 13.9 Å². The van der Waals surface area contributed by atoms with Crippen LogP contribution in [0, 0.1) is 13.8 Å². The van der Waals surface area contributed by atoms with Crippen LogP contribution >= 0.6 is 11.6 Å². The van der Waals surface area contributed by atoms with Crippen molar-refractivity contribution in [2.75, 3.05) is 17.7 Å². The van der Waals surface area contributed by atoms with E-state index in [-0.39, 0.29) is 6.01 Å². The predicted molar refractivity (Wildman–Crippen MR) is 128 cm³/mol. The molecule has 10 nitrogen and oxygen atoms in total. The van der Waals surface area contributed by atoms with Crippen LogP contribution in [0.5, 0.6) is 5.75 Å². The summed E-state index contributed by atoms with van der Waals surface area (Å²) in [6.07, 6.45) is 5.08. The van der Waals surface area contributed by atoms with Crippen molar-refractivity contribution in [3.05, 3.63) is 70.8 Å². The zero-order valence-electron chi connectivity index (χ0n) is 18.5. The summed E-state index contributed by atoms with van der Waals surface area (Å²) in [6, 6.07) is 9.06. The molecule has 0 spiro atoms. The molecule has 0 saturated carbocycles. The monoisotopic (exact) mass is 477 g/mol. The number of fused-ring (bicyclic) bond motifs is 1. The quantitative estimate of drug-likeness (QED) is 0.314. The first kappa shape index (κ1) is 21.5. The van der Waals surface area contributed by atoms with Gasteiger partial charge in [-0.25, -0.2) is 9.67 Å². The fourth-order valence-corrected chi connectivity index (χ4v) is 3.77. The van der Waals surface area contributed by atoms with Gasteiger partial charge >= 0.3 is 6.01 Å². The summed E-state index contributed by atoms with van der Waals surface area (Å²) in [5.74, 6) is 1.23. The maximum absolute atomic E-state index is 12.7. The van der Waals surface area contributed by atoms with Gasteiger partial charge in [-0.05, 0) is 38.1 Å². The number of ether oxygens (including phenoxy) is 1. The topological polar surface area (TPSA) is 123 Å². The average Bonchev–Trinajstić information content (AvgIpc) is 3.56. The molecule has 0 aliphatic heterocycles. The number of H-pyrrole nitrogens is 1. The first-order valence-electron chi connectivity index (χ1n) is 10.3. The summed E-state index contributed by atoms with van der Waals surface area (Å²) < 4.78 is 12.5. The molecular formula is C23H20ClN7O3. The molecule has 5 aromatic rings. The van der Waals surface area contributed by atoms with Gasteiger partial charge < -0.3 is 14.5 Å². The maximum Gasteiger partial charge on any atom is 0.301 e. The summed E-state index contributed by atoms with van der Waals surface area (Å²) in [5, 5.41) is 18.8. The largest absolute Gasteiger partial charge is 0.496 e. The van der Waals surface area contributed by atoms with E-state index in [0.717, 1.165) is 22.2 Å². The van der Waals surface area contributed by atoms with Gasteiger partial charge in [0.15, 0.2) is 5.82 Å². The van der Waals surface area contributed by atoms with E-state index in [0.29, 0.717) is 33.6 Å². The van der Waals surface area contributed by atoms with E-state index in [1.54, 1.807) is 36.0 Å². The Kier molecular flexibility index (Phi) is 5.42. The van der Waals surface area contributed by atoms with Gasteiger partial charge in [0.05, 0.1) is 47.0 Å². The first-order chi connectivity index (χ1) is 16.4. The van der Waals surface area contributed by atoms with Crippen LogP contribution < -0.4 is 15.4 Å². The highest BCUT2D eigenvalue weighted by Gasteiger charge is 2.17. The van der Waals surface area contributed by atoms with Crippen LogP contribution in [0.1, 0.15) is 21.7 Å². The number of aromatic nitrogens is 5. The molecule has 0 bridgehead atoms. The van der Waals surface area contributed by atoms with Crippen LogP contribution in [0.25, 0.3) is 16.6 Å². The summed E-state index contributed by atoms with van der Waals surface area (Å²) in [5.41, 5.74) is 3.53. The van der Waals surface area contributed by atoms with Crippen LogP contribution in [0.3, 0.4) is 0 Å². The Balaban J connectivity index is 1.41. The number of oxazole rings is 1. The standard InChI is InChI=1S/C23H20ClN7O3/c1-12-11-31(30-21(12)27-18-7-6-17-16(20(18)24)10-26-29-17)14-4-5-15(19(8-14)33-3)22(32)28-23-25-9-13(2)34-23/h4-11H,1-3H3,(H,26,29)(H,27,30)(H,25,28,32). The highest BCUT2D eigenvalue weighted by atomic mass is 35.5. The van der Waals surface area contributed by atoms with Gasteiger partial charge in [-0.1, -0.05) is 11.6 Å². The van der Waals surface area contributed by atoms with E-state index in [4.69, 9.17) is 20.8 Å². The van der Waals surface area contributed by atoms with Gasteiger partial charge in [0.1, 0.15) is 11.5 Å². The maximum atomic E-state index is 12.7. The van der Waals surface area contributed by atoms with E-state index >= 15 is 0 Å². The minimum atomic E-state index is -0.395. The molecule has 0 aliphatic carbocycles. The Bertz CT molecular complexity index is 1520. The highest BCUT2D eigenvalue weighted by molar-refractivity contribution is 6.38. The molecule has 0 aliphatic rings. The number of halogens is 1. The number of aromatic amines is 1. The van der Waals surface area contributed by atoms with Gasteiger partial charge in [0.2, 0.25) is 0 Å². The molecule has 3 aromatic heterocycles. The normalized spacial score (nSPS) is 11.1. The SMILES string of the molecule is COc1cc(-n2cc(C)c(Nc3ccc4[nH]ncc4c3Cl)n2)ccc1C(=O)Nc1ncc(C)o1. The Labute approximate surface area is 198 Å². The summed E-state index contributed by atoms with van der Waals surface area (Å²) in [6.45, 7) is 3.69. The molecule has 0 unspecified atom stereocenters. The van der Waals surface area contributed by atoms with E-state index in [1.165, 1.54) is 13.3 Å². The number of carbonyl (C=O) groups is 1. The lowest BCUT2D eigenvalue weighted by atomic mass is 10.1. The number of amides is 1. The molecule has 5 rings (SSSR count).